The second-order valence-corrected chi connectivity index (χ2v) is 6.61. The van der Waals surface area contributed by atoms with Crippen molar-refractivity contribution in [3.63, 3.8) is 0 Å². The molecule has 2 heteroatoms. The first-order valence-electron chi connectivity index (χ1n) is 8.76. The van der Waals surface area contributed by atoms with Crippen molar-refractivity contribution in [2.45, 2.75) is 51.5 Å². The number of likely N-dealkylation sites (tertiary alicyclic amines) is 1. The van der Waals surface area contributed by atoms with Crippen LogP contribution in [-0.2, 0) is 0 Å². The first-order chi connectivity index (χ1) is 10.3. The Bertz CT molecular complexity index is 368. The van der Waals surface area contributed by atoms with Gasteiger partial charge in [0.1, 0.15) is 0 Å². The van der Waals surface area contributed by atoms with Crippen LogP contribution in [0, 0.1) is 5.92 Å². The smallest absolute Gasteiger partial charge is 0.0320 e. The lowest BCUT2D eigenvalue weighted by atomic mass is 9.95. The summed E-state index contributed by atoms with van der Waals surface area (Å²) in [6.07, 6.45) is 7.94. The van der Waals surface area contributed by atoms with E-state index in [4.69, 9.17) is 0 Å². The van der Waals surface area contributed by atoms with E-state index >= 15 is 0 Å². The Morgan fingerprint density at radius 1 is 1.14 bits per heavy atom. The zero-order valence-electron chi connectivity index (χ0n) is 13.9. The Morgan fingerprint density at radius 2 is 1.86 bits per heavy atom. The molecule has 0 spiro atoms. The van der Waals surface area contributed by atoms with Crippen LogP contribution in [0.5, 0.6) is 0 Å². The van der Waals surface area contributed by atoms with Gasteiger partial charge in [0.25, 0.3) is 0 Å². The van der Waals surface area contributed by atoms with Gasteiger partial charge in [-0.2, -0.15) is 0 Å². The third kappa shape index (κ3) is 5.80. The molecule has 21 heavy (non-hydrogen) atoms. The van der Waals surface area contributed by atoms with Crippen molar-refractivity contribution in [3.05, 3.63) is 35.9 Å². The summed E-state index contributed by atoms with van der Waals surface area (Å²) in [4.78, 5) is 2.45. The van der Waals surface area contributed by atoms with Crippen molar-refractivity contribution in [1.29, 1.82) is 0 Å². The van der Waals surface area contributed by atoms with Crippen molar-refractivity contribution in [1.82, 2.24) is 10.2 Å². The largest absolute Gasteiger partial charge is 0.310 e. The highest BCUT2D eigenvalue weighted by atomic mass is 15.1. The maximum Gasteiger partial charge on any atom is 0.0320 e. The molecular weight excluding hydrogens is 256 g/mol. The van der Waals surface area contributed by atoms with Crippen molar-refractivity contribution in [3.8, 4) is 0 Å². The fourth-order valence-corrected chi connectivity index (χ4v) is 3.25. The third-order valence-corrected chi connectivity index (χ3v) is 4.79. The van der Waals surface area contributed by atoms with Crippen LogP contribution < -0.4 is 5.32 Å². The van der Waals surface area contributed by atoms with Gasteiger partial charge < -0.3 is 10.2 Å². The van der Waals surface area contributed by atoms with Gasteiger partial charge in [-0.15, -0.1) is 0 Å². The first kappa shape index (κ1) is 16.5. The first-order valence-corrected chi connectivity index (χ1v) is 8.76. The van der Waals surface area contributed by atoms with Gasteiger partial charge in [-0.25, -0.2) is 0 Å². The molecule has 1 aromatic rings. The third-order valence-electron chi connectivity index (χ3n) is 4.79. The minimum Gasteiger partial charge on any atom is -0.310 e. The van der Waals surface area contributed by atoms with E-state index in [0.717, 1.165) is 5.92 Å². The average molecular weight is 288 g/mol. The standard InChI is InChI=1S/C19H32N2/c1-3-4-6-11-19(18-9-7-5-8-10-18)20-16-17-12-14-21(2)15-13-17/h5,7-10,17,19-20H,3-4,6,11-16H2,1-2H3. The molecule has 1 aliphatic rings. The molecule has 1 fully saturated rings. The van der Waals surface area contributed by atoms with Gasteiger partial charge in [-0.1, -0.05) is 56.5 Å². The number of benzene rings is 1. The minimum absolute atomic E-state index is 0.539. The molecule has 1 N–H and O–H groups in total. The molecule has 0 saturated carbocycles. The number of hydrogen-bond acceptors (Lipinski definition) is 2. The number of nitrogens with zero attached hydrogens (tertiary/aromatic N) is 1. The molecule has 1 aliphatic heterocycles. The van der Waals surface area contributed by atoms with E-state index < -0.39 is 0 Å². The molecule has 118 valence electrons. The highest BCUT2D eigenvalue weighted by molar-refractivity contribution is 5.18. The lowest BCUT2D eigenvalue weighted by Gasteiger charge is -2.30. The van der Waals surface area contributed by atoms with Gasteiger partial charge in [0, 0.05) is 6.04 Å². The molecule has 1 heterocycles. The summed E-state index contributed by atoms with van der Waals surface area (Å²) in [6.45, 7) is 5.99. The second-order valence-electron chi connectivity index (χ2n) is 6.61. The van der Waals surface area contributed by atoms with Crippen LogP contribution >= 0.6 is 0 Å². The Morgan fingerprint density at radius 3 is 2.52 bits per heavy atom. The molecule has 1 saturated heterocycles. The number of unbranched alkanes of at least 4 members (excludes halogenated alkanes) is 2. The zero-order valence-corrected chi connectivity index (χ0v) is 13.9. The van der Waals surface area contributed by atoms with E-state index in [-0.39, 0.29) is 0 Å². The summed E-state index contributed by atoms with van der Waals surface area (Å²) < 4.78 is 0. The molecule has 0 bridgehead atoms. The van der Waals surface area contributed by atoms with Crippen LogP contribution in [0.15, 0.2) is 30.3 Å². The molecule has 0 aliphatic carbocycles. The average Bonchev–Trinajstić information content (AvgIpc) is 2.53. The Kier molecular flexibility index (Phi) is 7.25. The van der Waals surface area contributed by atoms with Crippen LogP contribution in [-0.4, -0.2) is 31.6 Å². The lowest BCUT2D eigenvalue weighted by Crippen LogP contribution is -2.36. The van der Waals surface area contributed by atoms with Crippen LogP contribution in [0.1, 0.15) is 57.1 Å². The second kappa shape index (κ2) is 9.22. The summed E-state index contributed by atoms with van der Waals surface area (Å²) >= 11 is 0. The Hall–Kier alpha value is -0.860. The van der Waals surface area contributed by atoms with E-state index in [1.54, 1.807) is 0 Å². The molecule has 0 aromatic heterocycles. The van der Waals surface area contributed by atoms with Gasteiger partial charge >= 0.3 is 0 Å². The SMILES string of the molecule is CCCCCC(NCC1CCN(C)CC1)c1ccccc1. The minimum atomic E-state index is 0.539. The summed E-state index contributed by atoms with van der Waals surface area (Å²) in [5, 5.41) is 3.86. The van der Waals surface area contributed by atoms with Gasteiger partial charge in [0.15, 0.2) is 0 Å². The van der Waals surface area contributed by atoms with E-state index in [1.807, 2.05) is 0 Å². The number of hydrogen-bond donors (Lipinski definition) is 1. The molecule has 1 aromatic carbocycles. The van der Waals surface area contributed by atoms with Crippen molar-refractivity contribution in [2.24, 2.45) is 5.92 Å². The molecule has 2 rings (SSSR count). The Labute approximate surface area is 130 Å². The summed E-state index contributed by atoms with van der Waals surface area (Å²) in [5.41, 5.74) is 1.46. The molecule has 1 atom stereocenters. The molecule has 0 amide bonds. The van der Waals surface area contributed by atoms with Crippen molar-refractivity contribution >= 4 is 0 Å². The van der Waals surface area contributed by atoms with Gasteiger partial charge in [0.05, 0.1) is 0 Å². The van der Waals surface area contributed by atoms with Gasteiger partial charge in [-0.05, 0) is 57.4 Å². The highest BCUT2D eigenvalue weighted by Gasteiger charge is 2.18. The van der Waals surface area contributed by atoms with Crippen LogP contribution in [0.25, 0.3) is 0 Å². The van der Waals surface area contributed by atoms with E-state index in [0.29, 0.717) is 6.04 Å². The molecule has 2 nitrogen and oxygen atoms in total. The normalized spacial score (nSPS) is 18.8. The number of nitrogens with one attached hydrogen (secondary N) is 1. The fourth-order valence-electron chi connectivity index (χ4n) is 3.25. The van der Waals surface area contributed by atoms with Crippen molar-refractivity contribution in [2.75, 3.05) is 26.7 Å². The quantitative estimate of drug-likeness (QED) is 0.720. The fraction of sp³-hybridized carbons (Fsp3) is 0.684. The lowest BCUT2D eigenvalue weighted by molar-refractivity contribution is 0.211. The highest BCUT2D eigenvalue weighted by Crippen LogP contribution is 2.22. The van der Waals surface area contributed by atoms with Crippen molar-refractivity contribution < 1.29 is 0 Å². The van der Waals surface area contributed by atoms with E-state index in [2.05, 4.69) is 54.5 Å². The van der Waals surface area contributed by atoms with Crippen LogP contribution in [0.4, 0.5) is 0 Å². The zero-order chi connectivity index (χ0) is 14.9. The Balaban J connectivity index is 1.83. The predicted octanol–water partition coefficient (Wildman–Crippen LogP) is 4.24. The van der Waals surface area contributed by atoms with Crippen LogP contribution in [0.2, 0.25) is 0 Å². The van der Waals surface area contributed by atoms with E-state index in [9.17, 15) is 0 Å². The maximum absolute atomic E-state index is 3.86. The topological polar surface area (TPSA) is 15.3 Å². The van der Waals surface area contributed by atoms with E-state index in [1.165, 1.54) is 63.7 Å². The monoisotopic (exact) mass is 288 g/mol. The van der Waals surface area contributed by atoms with Gasteiger partial charge in [0.2, 0.25) is 0 Å². The molecule has 0 radical (unpaired) electrons. The number of rotatable bonds is 8. The summed E-state index contributed by atoms with van der Waals surface area (Å²) in [7, 11) is 2.24. The number of piperidine rings is 1. The molecule has 1 unspecified atom stereocenters. The molecular formula is C19H32N2. The maximum atomic E-state index is 3.86. The van der Waals surface area contributed by atoms with Crippen LogP contribution in [0.3, 0.4) is 0 Å². The van der Waals surface area contributed by atoms with Gasteiger partial charge in [-0.3, -0.25) is 0 Å². The predicted molar refractivity (Wildman–Crippen MR) is 91.5 cm³/mol. The summed E-state index contributed by atoms with van der Waals surface area (Å²) in [6, 6.07) is 11.5. The summed E-state index contributed by atoms with van der Waals surface area (Å²) in [5.74, 6) is 0.860.